The molecule has 0 saturated carbocycles. The van der Waals surface area contributed by atoms with Crippen LogP contribution in [-0.2, 0) is 20.8 Å². The maximum absolute atomic E-state index is 13.4. The van der Waals surface area contributed by atoms with Crippen LogP contribution < -0.4 is 10.2 Å². The van der Waals surface area contributed by atoms with Gasteiger partial charge in [0.25, 0.3) is 5.91 Å². The van der Waals surface area contributed by atoms with Gasteiger partial charge in [0.2, 0.25) is 11.8 Å². The van der Waals surface area contributed by atoms with Gasteiger partial charge < -0.3 is 15.1 Å². The van der Waals surface area contributed by atoms with Crippen molar-refractivity contribution in [2.75, 3.05) is 31.1 Å². The van der Waals surface area contributed by atoms with E-state index in [1.165, 1.54) is 16.7 Å². The highest BCUT2D eigenvalue weighted by atomic mass is 32.2. The van der Waals surface area contributed by atoms with Crippen molar-refractivity contribution < 1.29 is 14.4 Å². The van der Waals surface area contributed by atoms with Gasteiger partial charge in [0.1, 0.15) is 6.54 Å². The lowest BCUT2D eigenvalue weighted by atomic mass is 10.1. The van der Waals surface area contributed by atoms with Crippen molar-refractivity contribution in [3.63, 3.8) is 0 Å². The minimum Gasteiger partial charge on any atom is -0.354 e. The predicted octanol–water partition coefficient (Wildman–Crippen LogP) is 3.26. The standard InChI is InChI=1S/C25H29N3O3S/c29-22(26-15-14-19-10-4-3-5-11-19)18-28-20-12-6-7-13-21(20)32-23(25(28)31)24(30)27-16-8-1-2-9-17-27/h3-7,10-13,23H,1-2,8-9,14-18H2,(H,26,29)/t23-/m1/s1. The number of thioether (sulfide) groups is 1. The Morgan fingerprint density at radius 2 is 1.62 bits per heavy atom. The van der Waals surface area contributed by atoms with E-state index in [0.717, 1.165) is 42.6 Å². The van der Waals surface area contributed by atoms with Crippen molar-refractivity contribution in [1.82, 2.24) is 10.2 Å². The highest BCUT2D eigenvalue weighted by Gasteiger charge is 2.40. The van der Waals surface area contributed by atoms with Crippen LogP contribution in [0, 0.1) is 0 Å². The van der Waals surface area contributed by atoms with Crippen molar-refractivity contribution >= 4 is 35.2 Å². The first-order valence-corrected chi connectivity index (χ1v) is 12.2. The van der Waals surface area contributed by atoms with Gasteiger partial charge in [0, 0.05) is 24.5 Å². The van der Waals surface area contributed by atoms with E-state index >= 15 is 0 Å². The molecule has 0 aliphatic carbocycles. The maximum Gasteiger partial charge on any atom is 0.250 e. The van der Waals surface area contributed by atoms with E-state index in [0.29, 0.717) is 25.3 Å². The molecule has 7 heteroatoms. The first-order chi connectivity index (χ1) is 15.6. The van der Waals surface area contributed by atoms with Crippen LogP contribution in [0.1, 0.15) is 31.2 Å². The molecule has 0 spiro atoms. The van der Waals surface area contributed by atoms with Crippen molar-refractivity contribution in [1.29, 1.82) is 0 Å². The average molecular weight is 452 g/mol. The zero-order valence-corrected chi connectivity index (χ0v) is 19.0. The van der Waals surface area contributed by atoms with E-state index in [1.807, 2.05) is 59.5 Å². The lowest BCUT2D eigenvalue weighted by Gasteiger charge is -2.34. The summed E-state index contributed by atoms with van der Waals surface area (Å²) < 4.78 is 0. The van der Waals surface area contributed by atoms with Crippen LogP contribution in [0.4, 0.5) is 5.69 Å². The van der Waals surface area contributed by atoms with E-state index in [-0.39, 0.29) is 24.3 Å². The highest BCUT2D eigenvalue weighted by Crippen LogP contribution is 2.39. The molecular weight excluding hydrogens is 422 g/mol. The second-order valence-corrected chi connectivity index (χ2v) is 9.36. The van der Waals surface area contributed by atoms with Gasteiger partial charge in [-0.1, -0.05) is 55.3 Å². The summed E-state index contributed by atoms with van der Waals surface area (Å²) in [7, 11) is 0. The van der Waals surface area contributed by atoms with Crippen LogP contribution in [0.2, 0.25) is 0 Å². The van der Waals surface area contributed by atoms with Gasteiger partial charge in [0.15, 0.2) is 5.25 Å². The van der Waals surface area contributed by atoms with E-state index in [4.69, 9.17) is 0 Å². The fourth-order valence-electron chi connectivity index (χ4n) is 4.18. The molecule has 3 amide bonds. The minimum atomic E-state index is -0.833. The Morgan fingerprint density at radius 1 is 0.938 bits per heavy atom. The number of amides is 3. The van der Waals surface area contributed by atoms with Gasteiger partial charge >= 0.3 is 0 Å². The zero-order valence-electron chi connectivity index (χ0n) is 18.2. The fraction of sp³-hybridized carbons (Fsp3) is 0.400. The van der Waals surface area contributed by atoms with Gasteiger partial charge in [-0.15, -0.1) is 11.8 Å². The summed E-state index contributed by atoms with van der Waals surface area (Å²) >= 11 is 1.31. The normalized spacial score (nSPS) is 18.6. The number of fused-ring (bicyclic) bond motifs is 1. The number of benzene rings is 2. The van der Waals surface area contributed by atoms with Crippen molar-refractivity contribution in [2.24, 2.45) is 0 Å². The third-order valence-corrected chi connectivity index (χ3v) is 7.15. The molecule has 1 saturated heterocycles. The largest absolute Gasteiger partial charge is 0.354 e. The maximum atomic E-state index is 13.4. The molecule has 1 fully saturated rings. The Hall–Kier alpha value is -2.80. The van der Waals surface area contributed by atoms with Crippen molar-refractivity contribution in [3.8, 4) is 0 Å². The molecule has 168 valence electrons. The summed E-state index contributed by atoms with van der Waals surface area (Å²) in [6, 6.07) is 17.4. The number of para-hydroxylation sites is 1. The molecule has 2 heterocycles. The van der Waals surface area contributed by atoms with Crippen LogP contribution in [-0.4, -0.2) is 54.1 Å². The van der Waals surface area contributed by atoms with Gasteiger partial charge in [0.05, 0.1) is 5.69 Å². The minimum absolute atomic E-state index is 0.0883. The van der Waals surface area contributed by atoms with E-state index in [1.54, 1.807) is 0 Å². The highest BCUT2D eigenvalue weighted by molar-refractivity contribution is 8.01. The number of rotatable bonds is 6. The van der Waals surface area contributed by atoms with Crippen LogP contribution in [0.3, 0.4) is 0 Å². The van der Waals surface area contributed by atoms with E-state index < -0.39 is 5.25 Å². The monoisotopic (exact) mass is 451 g/mol. The van der Waals surface area contributed by atoms with Crippen LogP contribution in [0.15, 0.2) is 59.5 Å². The summed E-state index contributed by atoms with van der Waals surface area (Å²) in [5.74, 6) is -0.663. The van der Waals surface area contributed by atoms with Crippen LogP contribution in [0.25, 0.3) is 0 Å². The van der Waals surface area contributed by atoms with Gasteiger partial charge in [-0.25, -0.2) is 0 Å². The predicted molar refractivity (Wildman–Crippen MR) is 127 cm³/mol. The molecule has 2 aromatic carbocycles. The molecular formula is C25H29N3O3S. The van der Waals surface area contributed by atoms with Crippen LogP contribution in [0.5, 0.6) is 0 Å². The Bertz CT molecular complexity index is 958. The number of nitrogens with zero attached hydrogens (tertiary/aromatic N) is 2. The van der Waals surface area contributed by atoms with Gasteiger partial charge in [-0.2, -0.15) is 0 Å². The Labute approximate surface area is 193 Å². The number of nitrogens with one attached hydrogen (secondary N) is 1. The summed E-state index contributed by atoms with van der Waals surface area (Å²) in [6.45, 7) is 1.81. The number of carbonyl (C=O) groups excluding carboxylic acids is 3. The molecule has 0 unspecified atom stereocenters. The van der Waals surface area contributed by atoms with E-state index in [2.05, 4.69) is 5.32 Å². The van der Waals surface area contributed by atoms with Gasteiger partial charge in [-0.05, 0) is 37.0 Å². The quantitative estimate of drug-likeness (QED) is 0.685. The molecule has 32 heavy (non-hydrogen) atoms. The summed E-state index contributed by atoms with van der Waals surface area (Å²) in [5.41, 5.74) is 1.84. The molecule has 6 nitrogen and oxygen atoms in total. The number of carbonyl (C=O) groups is 3. The summed E-state index contributed by atoms with van der Waals surface area (Å²) in [5, 5.41) is 2.08. The zero-order chi connectivity index (χ0) is 22.3. The Morgan fingerprint density at radius 3 is 2.38 bits per heavy atom. The number of anilines is 1. The SMILES string of the molecule is O=C(CN1C(=O)[C@@H](C(=O)N2CCCCCC2)Sc2ccccc21)NCCc1ccccc1. The van der Waals surface area contributed by atoms with E-state index in [9.17, 15) is 14.4 Å². The second kappa shape index (κ2) is 10.7. The lowest BCUT2D eigenvalue weighted by molar-refractivity contribution is -0.135. The topological polar surface area (TPSA) is 69.7 Å². The first-order valence-electron chi connectivity index (χ1n) is 11.3. The molecule has 0 bridgehead atoms. The fourth-order valence-corrected chi connectivity index (χ4v) is 5.37. The summed E-state index contributed by atoms with van der Waals surface area (Å²) in [4.78, 5) is 43.4. The van der Waals surface area contributed by atoms with Crippen molar-refractivity contribution in [2.45, 2.75) is 42.2 Å². The summed E-state index contributed by atoms with van der Waals surface area (Å²) in [6.07, 6.45) is 4.91. The Kier molecular flexibility index (Phi) is 7.47. The number of likely N-dealkylation sites (tertiary alicyclic amines) is 1. The molecule has 2 aliphatic heterocycles. The Balaban J connectivity index is 1.44. The average Bonchev–Trinajstić information content (AvgIpc) is 3.11. The molecule has 2 aliphatic rings. The molecule has 0 aromatic heterocycles. The molecule has 2 aromatic rings. The molecule has 4 rings (SSSR count). The van der Waals surface area contributed by atoms with Crippen LogP contribution >= 0.6 is 11.8 Å². The molecule has 0 radical (unpaired) electrons. The number of hydrogen-bond donors (Lipinski definition) is 1. The smallest absolute Gasteiger partial charge is 0.250 e. The number of hydrogen-bond acceptors (Lipinski definition) is 4. The lowest BCUT2D eigenvalue weighted by Crippen LogP contribution is -2.52. The third kappa shape index (κ3) is 5.33. The van der Waals surface area contributed by atoms with Gasteiger partial charge in [-0.3, -0.25) is 14.4 Å². The second-order valence-electron chi connectivity index (χ2n) is 8.22. The first kappa shape index (κ1) is 22.4. The third-order valence-electron chi connectivity index (χ3n) is 5.91. The molecule has 1 N–H and O–H groups in total. The molecule has 1 atom stereocenters. The van der Waals surface area contributed by atoms with Crippen molar-refractivity contribution in [3.05, 3.63) is 60.2 Å².